The van der Waals surface area contributed by atoms with E-state index in [-0.39, 0.29) is 5.91 Å². The fraction of sp³-hybridized carbons (Fsp3) is 0.958. The molecule has 0 bridgehead atoms. The van der Waals surface area contributed by atoms with Crippen LogP contribution in [0.4, 0.5) is 0 Å². The van der Waals surface area contributed by atoms with E-state index in [1.807, 2.05) is 4.90 Å². The molecule has 0 saturated carbocycles. The molecular weight excluding hydrogens is 365 g/mol. The summed E-state index contributed by atoms with van der Waals surface area (Å²) in [4.78, 5) is 15.0. The van der Waals surface area contributed by atoms with Crippen molar-refractivity contribution in [3.8, 4) is 0 Å². The Kier molecular flexibility index (Phi) is 18.5. The second-order valence-corrected chi connectivity index (χ2v) is 11.9. The molecule has 0 N–H and O–H groups in total. The van der Waals surface area contributed by atoms with Crippen LogP contribution < -0.4 is 0 Å². The first-order valence-corrected chi connectivity index (χ1v) is 14.6. The molecule has 0 aliphatic carbocycles. The minimum Gasteiger partial charge on any atom is -0.342 e. The zero-order chi connectivity index (χ0) is 21.1. The first-order chi connectivity index (χ1) is 13.5. The van der Waals surface area contributed by atoms with Crippen LogP contribution in [0.25, 0.3) is 0 Å². The summed E-state index contributed by atoms with van der Waals surface area (Å²) in [5, 5.41) is 0. The zero-order valence-electron chi connectivity index (χ0n) is 19.6. The average Bonchev–Trinajstić information content (AvgIpc) is 2.68. The van der Waals surface area contributed by atoms with Crippen LogP contribution in [0.1, 0.15) is 118 Å². The highest BCUT2D eigenvalue weighted by Crippen LogP contribution is 2.47. The number of carbonyl (C=O) groups excluding carboxylic acids is 1. The van der Waals surface area contributed by atoms with Gasteiger partial charge in [0.15, 0.2) is 0 Å². The fourth-order valence-corrected chi connectivity index (χ4v) is 6.52. The summed E-state index contributed by atoms with van der Waals surface area (Å²) < 4.78 is 13.7. The van der Waals surface area contributed by atoms with E-state index in [1.165, 1.54) is 44.9 Å². The normalized spacial score (nSPS) is 13.4. The summed E-state index contributed by atoms with van der Waals surface area (Å²) in [6, 6.07) is 0. The molecule has 0 rings (SSSR count). The van der Waals surface area contributed by atoms with Gasteiger partial charge in [-0.05, 0) is 25.7 Å². The molecule has 1 unspecified atom stereocenters. The maximum Gasteiger partial charge on any atom is 0.229 e. The van der Waals surface area contributed by atoms with E-state index in [9.17, 15) is 9.36 Å². The van der Waals surface area contributed by atoms with Crippen LogP contribution in [-0.2, 0) is 9.36 Å². The number of amides is 1. The lowest BCUT2D eigenvalue weighted by molar-refractivity contribution is -0.128. The Labute approximate surface area is 176 Å². The Balaban J connectivity index is 4.74. The van der Waals surface area contributed by atoms with Gasteiger partial charge in [0.2, 0.25) is 5.91 Å². The predicted octanol–water partition coefficient (Wildman–Crippen LogP) is 7.72. The van der Waals surface area contributed by atoms with Gasteiger partial charge in [0.05, 0.1) is 13.3 Å². The molecule has 1 atom stereocenters. The lowest BCUT2D eigenvalue weighted by atomic mass is 10.1. The van der Waals surface area contributed by atoms with Gasteiger partial charge in [-0.15, -0.1) is 0 Å². The summed E-state index contributed by atoms with van der Waals surface area (Å²) in [7, 11) is -2.38. The van der Waals surface area contributed by atoms with Crippen molar-refractivity contribution in [3.63, 3.8) is 0 Å². The van der Waals surface area contributed by atoms with Crippen molar-refractivity contribution in [3.05, 3.63) is 0 Å². The van der Waals surface area contributed by atoms with E-state index < -0.39 is 7.14 Å². The Morgan fingerprint density at radius 3 is 1.46 bits per heavy atom. The number of unbranched alkanes of at least 4 members (excludes halogenated alkanes) is 10. The topological polar surface area (TPSA) is 37.4 Å². The third-order valence-corrected chi connectivity index (χ3v) is 8.79. The van der Waals surface area contributed by atoms with Crippen molar-refractivity contribution in [2.24, 2.45) is 0 Å². The van der Waals surface area contributed by atoms with E-state index in [0.29, 0.717) is 6.16 Å². The SMILES string of the molecule is CCCCCCCCP(=O)(CCCCCC)CC(=O)N(CCCC)CCCC. The standard InChI is InChI=1S/C24H50NO2P/c1-5-9-13-15-16-18-22-28(27,21-17-14-10-6-2)23-24(26)25(19-11-7-3)20-12-8-4/h5-23H2,1-4H3. The van der Waals surface area contributed by atoms with Gasteiger partial charge in [0.25, 0.3) is 0 Å². The number of hydrogen-bond donors (Lipinski definition) is 0. The quantitative estimate of drug-likeness (QED) is 0.151. The van der Waals surface area contributed by atoms with E-state index in [0.717, 1.165) is 70.4 Å². The van der Waals surface area contributed by atoms with Gasteiger partial charge in [0.1, 0.15) is 0 Å². The third kappa shape index (κ3) is 14.7. The maximum atomic E-state index is 13.7. The molecule has 0 spiro atoms. The second kappa shape index (κ2) is 18.7. The van der Waals surface area contributed by atoms with Crippen molar-refractivity contribution in [2.75, 3.05) is 31.6 Å². The molecule has 0 aromatic carbocycles. The number of hydrogen-bond acceptors (Lipinski definition) is 2. The molecule has 3 nitrogen and oxygen atoms in total. The van der Waals surface area contributed by atoms with Gasteiger partial charge < -0.3 is 9.46 Å². The highest BCUT2D eigenvalue weighted by Gasteiger charge is 2.27. The molecule has 0 aromatic rings. The Morgan fingerprint density at radius 2 is 1.00 bits per heavy atom. The summed E-state index contributed by atoms with van der Waals surface area (Å²) in [5.41, 5.74) is 0. The lowest BCUT2D eigenvalue weighted by Crippen LogP contribution is -2.35. The van der Waals surface area contributed by atoms with Crippen molar-refractivity contribution >= 4 is 13.0 Å². The number of nitrogens with zero attached hydrogens (tertiary/aromatic N) is 1. The average molecular weight is 416 g/mol. The molecule has 0 aliphatic heterocycles. The molecule has 1 amide bonds. The predicted molar refractivity (Wildman–Crippen MR) is 126 cm³/mol. The largest absolute Gasteiger partial charge is 0.342 e. The molecule has 0 aromatic heterocycles. The first kappa shape index (κ1) is 27.7. The molecule has 0 heterocycles. The summed E-state index contributed by atoms with van der Waals surface area (Å²) in [6.45, 7) is 10.4. The third-order valence-electron chi connectivity index (χ3n) is 5.68. The van der Waals surface area contributed by atoms with E-state index in [2.05, 4.69) is 27.7 Å². The maximum absolute atomic E-state index is 13.7. The minimum atomic E-state index is -2.38. The number of carbonyl (C=O) groups is 1. The van der Waals surface area contributed by atoms with Gasteiger partial charge in [-0.25, -0.2) is 0 Å². The molecule has 168 valence electrons. The molecule has 0 aliphatic rings. The summed E-state index contributed by atoms with van der Waals surface area (Å²) in [6.07, 6.45) is 18.1. The van der Waals surface area contributed by atoms with Crippen LogP contribution in [0.2, 0.25) is 0 Å². The van der Waals surface area contributed by atoms with Gasteiger partial charge in [-0.2, -0.15) is 0 Å². The highest BCUT2D eigenvalue weighted by atomic mass is 31.2. The Bertz CT molecular complexity index is 403. The van der Waals surface area contributed by atoms with Crippen LogP contribution >= 0.6 is 7.14 Å². The van der Waals surface area contributed by atoms with Gasteiger partial charge in [-0.1, -0.05) is 91.9 Å². The Morgan fingerprint density at radius 1 is 0.607 bits per heavy atom. The van der Waals surface area contributed by atoms with E-state index >= 15 is 0 Å². The fourth-order valence-electron chi connectivity index (χ4n) is 3.68. The highest BCUT2D eigenvalue weighted by molar-refractivity contribution is 7.64. The molecule has 28 heavy (non-hydrogen) atoms. The van der Waals surface area contributed by atoms with Gasteiger partial charge >= 0.3 is 0 Å². The Hall–Kier alpha value is -0.300. The summed E-state index contributed by atoms with van der Waals surface area (Å²) in [5.74, 6) is 0.159. The summed E-state index contributed by atoms with van der Waals surface area (Å²) >= 11 is 0. The van der Waals surface area contributed by atoms with Crippen molar-refractivity contribution in [1.29, 1.82) is 0 Å². The van der Waals surface area contributed by atoms with E-state index in [4.69, 9.17) is 0 Å². The molecule has 0 fully saturated rings. The molecular formula is C24H50NO2P. The van der Waals surface area contributed by atoms with Crippen LogP contribution in [0, 0.1) is 0 Å². The lowest BCUT2D eigenvalue weighted by Gasteiger charge is -2.26. The molecule has 0 saturated heterocycles. The second-order valence-electron chi connectivity index (χ2n) is 8.58. The van der Waals surface area contributed by atoms with Crippen molar-refractivity contribution < 1.29 is 9.36 Å². The monoisotopic (exact) mass is 415 g/mol. The minimum absolute atomic E-state index is 0.159. The first-order valence-electron chi connectivity index (χ1n) is 12.4. The van der Waals surface area contributed by atoms with Crippen LogP contribution in [-0.4, -0.2) is 42.4 Å². The zero-order valence-corrected chi connectivity index (χ0v) is 20.5. The van der Waals surface area contributed by atoms with Crippen LogP contribution in [0.5, 0.6) is 0 Å². The van der Waals surface area contributed by atoms with Gasteiger partial charge in [0, 0.05) is 25.4 Å². The van der Waals surface area contributed by atoms with Crippen molar-refractivity contribution in [1.82, 2.24) is 4.90 Å². The van der Waals surface area contributed by atoms with E-state index in [1.54, 1.807) is 0 Å². The number of rotatable bonds is 20. The van der Waals surface area contributed by atoms with Crippen molar-refractivity contribution in [2.45, 2.75) is 118 Å². The van der Waals surface area contributed by atoms with Crippen LogP contribution in [0.15, 0.2) is 0 Å². The molecule has 4 heteroatoms. The van der Waals surface area contributed by atoms with Crippen LogP contribution in [0.3, 0.4) is 0 Å². The molecule has 0 radical (unpaired) electrons. The van der Waals surface area contributed by atoms with Gasteiger partial charge in [-0.3, -0.25) is 4.79 Å². The smallest absolute Gasteiger partial charge is 0.229 e.